The van der Waals surface area contributed by atoms with Crippen molar-refractivity contribution in [2.75, 3.05) is 12.3 Å². The minimum atomic E-state index is -3.82. The number of nitrogens with zero attached hydrogens (tertiary/aromatic N) is 3. The van der Waals surface area contributed by atoms with Crippen LogP contribution in [0, 0.1) is 0 Å². The molecule has 0 aliphatic carbocycles. The van der Waals surface area contributed by atoms with Gasteiger partial charge in [0.2, 0.25) is 10.0 Å². The minimum absolute atomic E-state index is 0.0248. The van der Waals surface area contributed by atoms with Crippen molar-refractivity contribution < 1.29 is 8.42 Å². The summed E-state index contributed by atoms with van der Waals surface area (Å²) in [5.74, 6) is 0. The molecule has 108 valence electrons. The van der Waals surface area contributed by atoms with Crippen LogP contribution >= 0.6 is 23.2 Å². The molecule has 0 fully saturated rings. The molecule has 0 aliphatic heterocycles. The number of sulfonamides is 1. The predicted octanol–water partition coefficient (Wildman–Crippen LogP) is 1.15. The number of hydrogen-bond donors (Lipinski definition) is 2. The topological polar surface area (TPSA) is 103 Å². The van der Waals surface area contributed by atoms with Crippen LogP contribution in [0.25, 0.3) is 0 Å². The molecule has 1 aromatic carbocycles. The number of rotatable bonds is 5. The summed E-state index contributed by atoms with van der Waals surface area (Å²) >= 11 is 11.8. The van der Waals surface area contributed by atoms with Gasteiger partial charge < -0.3 is 5.73 Å². The van der Waals surface area contributed by atoms with E-state index in [0.29, 0.717) is 12.2 Å². The van der Waals surface area contributed by atoms with Crippen molar-refractivity contribution in [1.29, 1.82) is 0 Å². The Bertz CT molecular complexity index is 679. The molecule has 7 nitrogen and oxygen atoms in total. The van der Waals surface area contributed by atoms with Gasteiger partial charge in [-0.15, -0.1) is 5.10 Å². The molecule has 0 atom stereocenters. The van der Waals surface area contributed by atoms with Crippen molar-refractivity contribution >= 4 is 38.9 Å². The number of nitrogens with two attached hydrogens (primary N) is 1. The smallest absolute Gasteiger partial charge is 0.243 e. The maximum atomic E-state index is 12.1. The fraction of sp³-hybridized carbons (Fsp3) is 0.200. The lowest BCUT2D eigenvalue weighted by Gasteiger charge is -2.10. The van der Waals surface area contributed by atoms with E-state index in [1.54, 1.807) is 6.20 Å². The van der Waals surface area contributed by atoms with Gasteiger partial charge in [0.25, 0.3) is 0 Å². The zero-order valence-corrected chi connectivity index (χ0v) is 12.5. The molecular formula is C10H11Cl2N5O2S. The Balaban J connectivity index is 2.14. The molecule has 1 heterocycles. The number of halogens is 2. The molecule has 2 rings (SSSR count). The second kappa shape index (κ2) is 5.96. The third-order valence-electron chi connectivity index (χ3n) is 2.39. The molecule has 0 aliphatic rings. The highest BCUT2D eigenvalue weighted by atomic mass is 35.5. The standard InChI is InChI=1S/C10H11Cl2N5O2S/c11-8-5-7(13)6-9(12)10(8)20(18,19)15-2-4-17-3-1-14-16-17/h1,3,5-6,15H,2,4,13H2. The Morgan fingerprint density at radius 2 is 1.95 bits per heavy atom. The Labute approximate surface area is 125 Å². The maximum Gasteiger partial charge on any atom is 0.243 e. The molecule has 20 heavy (non-hydrogen) atoms. The highest BCUT2D eigenvalue weighted by Crippen LogP contribution is 2.31. The van der Waals surface area contributed by atoms with E-state index in [0.717, 1.165) is 0 Å². The van der Waals surface area contributed by atoms with E-state index in [9.17, 15) is 8.42 Å². The first kappa shape index (κ1) is 15.0. The van der Waals surface area contributed by atoms with Gasteiger partial charge in [-0.05, 0) is 12.1 Å². The molecule has 1 aromatic heterocycles. The van der Waals surface area contributed by atoms with Gasteiger partial charge >= 0.3 is 0 Å². The van der Waals surface area contributed by atoms with Crippen molar-refractivity contribution in [1.82, 2.24) is 19.7 Å². The van der Waals surface area contributed by atoms with Gasteiger partial charge in [-0.1, -0.05) is 28.4 Å². The van der Waals surface area contributed by atoms with Gasteiger partial charge in [0.1, 0.15) is 4.90 Å². The maximum absolute atomic E-state index is 12.1. The van der Waals surface area contributed by atoms with E-state index < -0.39 is 10.0 Å². The number of benzene rings is 1. The van der Waals surface area contributed by atoms with Crippen molar-refractivity contribution in [2.45, 2.75) is 11.4 Å². The molecule has 0 bridgehead atoms. The van der Waals surface area contributed by atoms with E-state index in [-0.39, 0.29) is 21.5 Å². The first-order valence-electron chi connectivity index (χ1n) is 5.48. The lowest BCUT2D eigenvalue weighted by atomic mass is 10.3. The summed E-state index contributed by atoms with van der Waals surface area (Å²) in [6.45, 7) is 0.464. The molecule has 10 heteroatoms. The molecule has 3 N–H and O–H groups in total. The van der Waals surface area contributed by atoms with Crippen LogP contribution in [0.1, 0.15) is 0 Å². The molecular weight excluding hydrogens is 325 g/mol. The Hall–Kier alpha value is -1.35. The minimum Gasteiger partial charge on any atom is -0.399 e. The SMILES string of the molecule is Nc1cc(Cl)c(S(=O)(=O)NCCn2ccnn2)c(Cl)c1. The monoisotopic (exact) mass is 335 g/mol. The van der Waals surface area contributed by atoms with Gasteiger partial charge in [0, 0.05) is 18.4 Å². The highest BCUT2D eigenvalue weighted by Gasteiger charge is 2.21. The number of nitrogens with one attached hydrogen (secondary N) is 1. The summed E-state index contributed by atoms with van der Waals surface area (Å²) in [4.78, 5) is -0.186. The van der Waals surface area contributed by atoms with Crippen LogP contribution in [0.5, 0.6) is 0 Å². The van der Waals surface area contributed by atoms with Crippen LogP contribution in [0.3, 0.4) is 0 Å². The lowest BCUT2D eigenvalue weighted by molar-refractivity contribution is 0.553. The molecule has 2 aromatic rings. The van der Waals surface area contributed by atoms with Crippen LogP contribution in [-0.2, 0) is 16.6 Å². The van der Waals surface area contributed by atoms with Crippen LogP contribution in [-0.4, -0.2) is 30.0 Å². The largest absolute Gasteiger partial charge is 0.399 e. The van der Waals surface area contributed by atoms with Gasteiger partial charge in [-0.25, -0.2) is 13.1 Å². The van der Waals surface area contributed by atoms with Crippen molar-refractivity contribution in [3.8, 4) is 0 Å². The highest BCUT2D eigenvalue weighted by molar-refractivity contribution is 7.89. The first-order valence-corrected chi connectivity index (χ1v) is 7.72. The zero-order valence-electron chi connectivity index (χ0n) is 10.1. The number of aromatic nitrogens is 3. The van der Waals surface area contributed by atoms with E-state index in [4.69, 9.17) is 28.9 Å². The zero-order chi connectivity index (χ0) is 14.8. The van der Waals surface area contributed by atoms with Crippen LogP contribution in [0.15, 0.2) is 29.4 Å². The van der Waals surface area contributed by atoms with Crippen LogP contribution in [0.4, 0.5) is 5.69 Å². The predicted molar refractivity (Wildman–Crippen MR) is 76.1 cm³/mol. The molecule has 0 spiro atoms. The second-order valence-electron chi connectivity index (χ2n) is 3.88. The number of anilines is 1. The van der Waals surface area contributed by atoms with Gasteiger partial charge in [0.05, 0.1) is 22.8 Å². The summed E-state index contributed by atoms with van der Waals surface area (Å²) in [5, 5.41) is 7.28. The van der Waals surface area contributed by atoms with E-state index >= 15 is 0 Å². The molecule has 0 amide bonds. The Morgan fingerprint density at radius 1 is 1.30 bits per heavy atom. The second-order valence-corrected chi connectivity index (χ2v) is 6.40. The van der Waals surface area contributed by atoms with Crippen molar-refractivity contribution in [2.24, 2.45) is 0 Å². The van der Waals surface area contributed by atoms with Crippen molar-refractivity contribution in [3.05, 3.63) is 34.6 Å². The Morgan fingerprint density at radius 3 is 2.50 bits per heavy atom. The van der Waals surface area contributed by atoms with E-state index in [1.807, 2.05) is 0 Å². The summed E-state index contributed by atoms with van der Waals surface area (Å²) in [5.41, 5.74) is 5.83. The summed E-state index contributed by atoms with van der Waals surface area (Å²) < 4.78 is 28.2. The fourth-order valence-electron chi connectivity index (χ4n) is 1.55. The molecule has 0 radical (unpaired) electrons. The molecule has 0 unspecified atom stereocenters. The van der Waals surface area contributed by atoms with Crippen LogP contribution < -0.4 is 10.5 Å². The van der Waals surface area contributed by atoms with Gasteiger partial charge in [-0.2, -0.15) is 0 Å². The lowest BCUT2D eigenvalue weighted by Crippen LogP contribution is -2.28. The van der Waals surface area contributed by atoms with E-state index in [1.165, 1.54) is 23.0 Å². The average Bonchev–Trinajstić information content (AvgIpc) is 2.79. The quantitative estimate of drug-likeness (QED) is 0.797. The van der Waals surface area contributed by atoms with Gasteiger partial charge in [0.15, 0.2) is 0 Å². The third kappa shape index (κ3) is 3.40. The fourth-order valence-corrected chi connectivity index (χ4v) is 3.80. The number of hydrogen-bond acceptors (Lipinski definition) is 5. The Kier molecular flexibility index (Phi) is 4.48. The average molecular weight is 336 g/mol. The van der Waals surface area contributed by atoms with Crippen LogP contribution in [0.2, 0.25) is 10.0 Å². The molecule has 0 saturated carbocycles. The van der Waals surface area contributed by atoms with Gasteiger partial charge in [-0.3, -0.25) is 4.68 Å². The normalized spacial score (nSPS) is 11.7. The molecule has 0 saturated heterocycles. The van der Waals surface area contributed by atoms with E-state index in [2.05, 4.69) is 15.0 Å². The summed E-state index contributed by atoms with van der Waals surface area (Å²) in [6.07, 6.45) is 3.12. The summed E-state index contributed by atoms with van der Waals surface area (Å²) in [6, 6.07) is 2.67. The van der Waals surface area contributed by atoms with Crippen molar-refractivity contribution in [3.63, 3.8) is 0 Å². The third-order valence-corrected chi connectivity index (χ3v) is 4.78. The summed E-state index contributed by atoms with van der Waals surface area (Å²) in [7, 11) is -3.82. The number of nitrogen functional groups attached to an aromatic ring is 1. The first-order chi connectivity index (χ1) is 9.40.